The van der Waals surface area contributed by atoms with Crippen LogP contribution in [0.25, 0.3) is 0 Å². The molecule has 32 valence electrons. The molecule has 0 saturated carbocycles. The van der Waals surface area contributed by atoms with Gasteiger partial charge in [-0.25, -0.2) is 0 Å². The molecule has 0 aliphatic heterocycles. The maximum Gasteiger partial charge on any atom is 0 e. The van der Waals surface area contributed by atoms with E-state index in [-0.39, 0.29) is 17.4 Å². The molecule has 0 unspecified atom stereocenters. The minimum absolute atomic E-state index is 0. The Bertz CT molecular complexity index is 5.61. The third-order valence-electron chi connectivity index (χ3n) is 0.500. The molecule has 0 amide bonds. The first-order valence-corrected chi connectivity index (χ1v) is 1.91. The summed E-state index contributed by atoms with van der Waals surface area (Å²) in [4.78, 5) is 0. The first-order chi connectivity index (χ1) is 1.91. The third kappa shape index (κ3) is 12.4. The summed E-state index contributed by atoms with van der Waals surface area (Å²) >= 11 is 0. The first kappa shape index (κ1) is 9.11. The molecule has 0 N–H and O–H groups in total. The van der Waals surface area contributed by atoms with E-state index in [0.717, 1.165) is 0 Å². The fourth-order valence-electron chi connectivity index (χ4n) is 0. The second-order valence-electron chi connectivity index (χ2n) is 1.000. The first-order valence-electron chi connectivity index (χ1n) is 1.91. The number of hydrogen-bond acceptors (Lipinski definition) is 0. The maximum atomic E-state index is 2.18. The predicted molar refractivity (Wildman–Crippen MR) is 20.6 cm³/mol. The van der Waals surface area contributed by atoms with Crippen LogP contribution in [0.2, 0.25) is 0 Å². The number of hydrogen-bond donors (Lipinski definition) is 0. The van der Waals surface area contributed by atoms with Crippen molar-refractivity contribution in [3.8, 4) is 0 Å². The van der Waals surface area contributed by atoms with Gasteiger partial charge >= 0.3 is 0 Å². The van der Waals surface area contributed by atoms with Crippen molar-refractivity contribution in [2.75, 3.05) is 0 Å². The average Bonchev–Trinajstić information content (AvgIpc) is 1.37. The zero-order valence-corrected chi connectivity index (χ0v) is 5.10. The Hall–Kier alpha value is 0.532. The van der Waals surface area contributed by atoms with Crippen LogP contribution in [-0.4, -0.2) is 0 Å². The largest absolute Gasteiger partial charge is 0.0654 e. The topological polar surface area (TPSA) is 0 Å². The molecule has 0 aliphatic carbocycles. The molecule has 0 spiro atoms. The van der Waals surface area contributed by atoms with E-state index in [1.807, 2.05) is 0 Å². The van der Waals surface area contributed by atoms with E-state index in [1.165, 1.54) is 12.8 Å². The van der Waals surface area contributed by atoms with Crippen molar-refractivity contribution < 1.29 is 17.4 Å². The molecule has 0 rings (SSSR count). The molecule has 0 aromatic carbocycles. The van der Waals surface area contributed by atoms with Gasteiger partial charge in [0.2, 0.25) is 0 Å². The van der Waals surface area contributed by atoms with Crippen LogP contribution in [0.3, 0.4) is 0 Å². The zero-order chi connectivity index (χ0) is 3.41. The fourth-order valence-corrected chi connectivity index (χ4v) is 0. The maximum absolute atomic E-state index is 2.18. The molecular weight excluding hydrogens is 100 g/mol. The van der Waals surface area contributed by atoms with Gasteiger partial charge in [-0.2, -0.15) is 0 Å². The van der Waals surface area contributed by atoms with Crippen molar-refractivity contribution in [3.63, 3.8) is 0 Å². The van der Waals surface area contributed by atoms with Gasteiger partial charge in [-0.3, -0.25) is 0 Å². The van der Waals surface area contributed by atoms with Crippen LogP contribution in [0.4, 0.5) is 0 Å². The second-order valence-corrected chi connectivity index (χ2v) is 1.000. The summed E-state index contributed by atoms with van der Waals surface area (Å²) in [6.07, 6.45) is 2.64. The van der Waals surface area contributed by atoms with Gasteiger partial charge in [0, 0.05) is 17.4 Å². The van der Waals surface area contributed by atoms with Crippen LogP contribution in [0.15, 0.2) is 0 Å². The van der Waals surface area contributed by atoms with Gasteiger partial charge in [0.15, 0.2) is 0 Å². The summed E-state index contributed by atoms with van der Waals surface area (Å²) in [6, 6.07) is 0. The molecule has 0 radical (unpaired) electrons. The molecular formula is C4H10Cr. The van der Waals surface area contributed by atoms with Crippen LogP contribution in [0.1, 0.15) is 26.7 Å². The van der Waals surface area contributed by atoms with E-state index in [4.69, 9.17) is 0 Å². The molecule has 0 aliphatic rings. The van der Waals surface area contributed by atoms with Crippen LogP contribution in [0.5, 0.6) is 0 Å². The van der Waals surface area contributed by atoms with E-state index in [9.17, 15) is 0 Å². The van der Waals surface area contributed by atoms with Gasteiger partial charge in [-0.1, -0.05) is 26.7 Å². The van der Waals surface area contributed by atoms with Gasteiger partial charge in [0.25, 0.3) is 0 Å². The minimum Gasteiger partial charge on any atom is -0.0654 e. The average molecular weight is 110 g/mol. The molecule has 1 heteroatoms. The summed E-state index contributed by atoms with van der Waals surface area (Å²) in [6.45, 7) is 4.36. The standard InChI is InChI=1S/C4H10.Cr/c1-3-4-2;/h3-4H2,1-2H3;. The Balaban J connectivity index is 0. The Morgan fingerprint density at radius 2 is 1.20 bits per heavy atom. The predicted octanol–water partition coefficient (Wildman–Crippen LogP) is 1.80. The summed E-state index contributed by atoms with van der Waals surface area (Å²) in [7, 11) is 0. The van der Waals surface area contributed by atoms with Gasteiger partial charge in [0.05, 0.1) is 0 Å². The van der Waals surface area contributed by atoms with E-state index >= 15 is 0 Å². The van der Waals surface area contributed by atoms with Crippen molar-refractivity contribution in [2.45, 2.75) is 26.7 Å². The summed E-state index contributed by atoms with van der Waals surface area (Å²) in [5, 5.41) is 0. The Morgan fingerprint density at radius 3 is 1.20 bits per heavy atom. The number of rotatable bonds is 1. The zero-order valence-electron chi connectivity index (χ0n) is 3.82. The molecule has 0 nitrogen and oxygen atoms in total. The SMILES string of the molecule is CCCC.[Cr]. The molecule has 0 bridgehead atoms. The summed E-state index contributed by atoms with van der Waals surface area (Å²) in [5.41, 5.74) is 0. The van der Waals surface area contributed by atoms with E-state index in [2.05, 4.69) is 13.8 Å². The monoisotopic (exact) mass is 110 g/mol. The quantitative estimate of drug-likeness (QED) is 0.483. The van der Waals surface area contributed by atoms with Gasteiger partial charge in [-0.15, -0.1) is 0 Å². The summed E-state index contributed by atoms with van der Waals surface area (Å²) in [5.74, 6) is 0. The van der Waals surface area contributed by atoms with Crippen molar-refractivity contribution in [3.05, 3.63) is 0 Å². The Labute approximate surface area is 44.7 Å². The van der Waals surface area contributed by atoms with Gasteiger partial charge < -0.3 is 0 Å². The van der Waals surface area contributed by atoms with Gasteiger partial charge in [0.1, 0.15) is 0 Å². The fraction of sp³-hybridized carbons (Fsp3) is 1.00. The van der Waals surface area contributed by atoms with Gasteiger partial charge in [-0.05, 0) is 0 Å². The Kier molecular flexibility index (Phi) is 16.1. The van der Waals surface area contributed by atoms with Crippen LogP contribution in [-0.2, 0) is 17.4 Å². The smallest absolute Gasteiger partial charge is 0 e. The van der Waals surface area contributed by atoms with Crippen molar-refractivity contribution in [2.24, 2.45) is 0 Å². The van der Waals surface area contributed by atoms with Crippen LogP contribution < -0.4 is 0 Å². The molecule has 0 fully saturated rings. The second kappa shape index (κ2) is 8.82. The molecule has 0 atom stereocenters. The molecule has 0 aromatic heterocycles. The van der Waals surface area contributed by atoms with E-state index < -0.39 is 0 Å². The molecule has 0 saturated heterocycles. The summed E-state index contributed by atoms with van der Waals surface area (Å²) < 4.78 is 0. The molecule has 0 heterocycles. The van der Waals surface area contributed by atoms with E-state index in [1.54, 1.807) is 0 Å². The third-order valence-corrected chi connectivity index (χ3v) is 0.500. The van der Waals surface area contributed by atoms with Crippen molar-refractivity contribution in [1.82, 2.24) is 0 Å². The Morgan fingerprint density at radius 1 is 1.00 bits per heavy atom. The molecule has 0 aromatic rings. The minimum atomic E-state index is 0. The van der Waals surface area contributed by atoms with Crippen LogP contribution in [0, 0.1) is 0 Å². The normalized spacial score (nSPS) is 6.00. The van der Waals surface area contributed by atoms with Crippen LogP contribution >= 0.6 is 0 Å². The van der Waals surface area contributed by atoms with Crippen molar-refractivity contribution in [1.29, 1.82) is 0 Å². The van der Waals surface area contributed by atoms with Crippen molar-refractivity contribution >= 4 is 0 Å². The number of unbranched alkanes of at least 4 members (excludes halogenated alkanes) is 1. The molecule has 5 heavy (non-hydrogen) atoms. The van der Waals surface area contributed by atoms with E-state index in [0.29, 0.717) is 0 Å².